The molecule has 10 heteroatoms. The van der Waals surface area contributed by atoms with Gasteiger partial charge in [0.1, 0.15) is 21.9 Å². The van der Waals surface area contributed by atoms with Gasteiger partial charge in [-0.25, -0.2) is 9.37 Å². The highest BCUT2D eigenvalue weighted by molar-refractivity contribution is 8.15. The zero-order valence-corrected chi connectivity index (χ0v) is 18.6. The van der Waals surface area contributed by atoms with Crippen LogP contribution in [0.25, 0.3) is 0 Å². The van der Waals surface area contributed by atoms with E-state index in [0.717, 1.165) is 48.3 Å². The molecule has 0 spiro atoms. The number of carbonyl (C=O) groups is 1. The van der Waals surface area contributed by atoms with Gasteiger partial charge in [-0.2, -0.15) is 4.98 Å². The van der Waals surface area contributed by atoms with Gasteiger partial charge in [0.05, 0.1) is 6.54 Å². The quantitative estimate of drug-likeness (QED) is 0.623. The summed E-state index contributed by atoms with van der Waals surface area (Å²) in [5.41, 5.74) is 1.79. The van der Waals surface area contributed by atoms with E-state index >= 15 is 0 Å². The summed E-state index contributed by atoms with van der Waals surface area (Å²) in [7, 11) is 0. The molecule has 0 aliphatic carbocycles. The topological polar surface area (TPSA) is 86.6 Å². The molecule has 2 aliphatic heterocycles. The number of pyridine rings is 1. The molecule has 2 aromatic heterocycles. The number of rotatable bonds is 5. The molecule has 1 fully saturated rings. The van der Waals surface area contributed by atoms with Crippen LogP contribution in [0.1, 0.15) is 5.56 Å². The average molecular weight is 464 g/mol. The first kappa shape index (κ1) is 21.3. The molecule has 4 heterocycles. The van der Waals surface area contributed by atoms with E-state index in [-0.39, 0.29) is 22.9 Å². The van der Waals surface area contributed by atoms with Crippen LogP contribution in [0.2, 0.25) is 0 Å². The molecule has 8 nitrogen and oxygen atoms in total. The summed E-state index contributed by atoms with van der Waals surface area (Å²) >= 11 is 1.42. The van der Waals surface area contributed by atoms with Crippen molar-refractivity contribution >= 4 is 40.2 Å². The molecule has 1 saturated heterocycles. The summed E-state index contributed by atoms with van der Waals surface area (Å²) in [6, 6.07) is 12.3. The van der Waals surface area contributed by atoms with Crippen LogP contribution in [-0.4, -0.2) is 63.9 Å². The summed E-state index contributed by atoms with van der Waals surface area (Å²) < 4.78 is 13.5. The Balaban J connectivity index is 1.18. The zero-order valence-electron chi connectivity index (χ0n) is 17.8. The fourth-order valence-corrected chi connectivity index (χ4v) is 4.79. The molecule has 0 bridgehead atoms. The van der Waals surface area contributed by atoms with Crippen molar-refractivity contribution in [2.45, 2.75) is 5.25 Å². The van der Waals surface area contributed by atoms with Crippen LogP contribution < -0.4 is 15.1 Å². The van der Waals surface area contributed by atoms with Crippen molar-refractivity contribution in [3.63, 3.8) is 0 Å². The maximum atomic E-state index is 13.5. The SMILES string of the molecule is O=C(Nc1nccc(N2CCN(c3cccc(F)c3)CC2)n1)C1CN=C(c2cccnc2)S1. The maximum absolute atomic E-state index is 13.5. The lowest BCUT2D eigenvalue weighted by atomic mass is 10.2. The number of benzene rings is 1. The Morgan fingerprint density at radius 3 is 2.70 bits per heavy atom. The van der Waals surface area contributed by atoms with Crippen molar-refractivity contribution in [3.8, 4) is 0 Å². The Morgan fingerprint density at radius 1 is 1.06 bits per heavy atom. The van der Waals surface area contributed by atoms with Gasteiger partial charge < -0.3 is 9.80 Å². The van der Waals surface area contributed by atoms with E-state index in [9.17, 15) is 9.18 Å². The number of aromatic nitrogens is 3. The van der Waals surface area contributed by atoms with Crippen LogP contribution in [0.4, 0.5) is 21.8 Å². The summed E-state index contributed by atoms with van der Waals surface area (Å²) in [6.07, 6.45) is 5.10. The average Bonchev–Trinajstić information content (AvgIpc) is 3.36. The number of halogens is 1. The molecule has 3 aromatic rings. The Labute approximate surface area is 195 Å². The molecule has 1 atom stereocenters. The van der Waals surface area contributed by atoms with Crippen molar-refractivity contribution in [3.05, 3.63) is 72.4 Å². The van der Waals surface area contributed by atoms with Gasteiger partial charge in [0.2, 0.25) is 11.9 Å². The molecule has 0 radical (unpaired) electrons. The molecule has 1 amide bonds. The second-order valence-electron chi connectivity index (χ2n) is 7.68. The van der Waals surface area contributed by atoms with Gasteiger partial charge in [-0.3, -0.25) is 20.1 Å². The monoisotopic (exact) mass is 463 g/mol. The molecule has 0 saturated carbocycles. The van der Waals surface area contributed by atoms with Crippen LogP contribution >= 0.6 is 11.8 Å². The van der Waals surface area contributed by atoms with Crippen molar-refractivity contribution in [2.75, 3.05) is 47.8 Å². The number of anilines is 3. The summed E-state index contributed by atoms with van der Waals surface area (Å²) in [5.74, 6) is 0.631. The molecule has 1 aromatic carbocycles. The molecule has 1 unspecified atom stereocenters. The highest BCUT2D eigenvalue weighted by atomic mass is 32.2. The van der Waals surface area contributed by atoms with E-state index in [4.69, 9.17) is 0 Å². The normalized spacial score (nSPS) is 18.2. The minimum Gasteiger partial charge on any atom is -0.368 e. The van der Waals surface area contributed by atoms with Gasteiger partial charge in [0.25, 0.3) is 0 Å². The van der Waals surface area contributed by atoms with E-state index in [0.29, 0.717) is 6.54 Å². The third kappa shape index (κ3) is 4.95. The van der Waals surface area contributed by atoms with Gasteiger partial charge in [-0.05, 0) is 36.4 Å². The van der Waals surface area contributed by atoms with Crippen LogP contribution in [0.3, 0.4) is 0 Å². The minimum atomic E-state index is -0.331. The fraction of sp³-hybridized carbons (Fsp3) is 0.261. The Bertz CT molecular complexity index is 1170. The Morgan fingerprint density at radius 2 is 1.91 bits per heavy atom. The first-order valence-electron chi connectivity index (χ1n) is 10.7. The van der Waals surface area contributed by atoms with Crippen LogP contribution in [-0.2, 0) is 4.79 Å². The lowest BCUT2D eigenvalue weighted by Crippen LogP contribution is -2.47. The van der Waals surface area contributed by atoms with Crippen LogP contribution in [0, 0.1) is 5.82 Å². The zero-order chi connectivity index (χ0) is 22.6. The van der Waals surface area contributed by atoms with Gasteiger partial charge in [-0.15, -0.1) is 0 Å². The number of piperazine rings is 1. The number of nitrogens with zero attached hydrogens (tertiary/aromatic N) is 6. The molecular weight excluding hydrogens is 441 g/mol. The number of aliphatic imine (C=N–C) groups is 1. The summed E-state index contributed by atoms with van der Waals surface area (Å²) in [5, 5.41) is 3.31. The number of carbonyl (C=O) groups excluding carboxylic acids is 1. The molecule has 1 N–H and O–H groups in total. The van der Waals surface area contributed by atoms with Gasteiger partial charge >= 0.3 is 0 Å². The number of hydrogen-bond acceptors (Lipinski definition) is 8. The highest BCUT2D eigenvalue weighted by Crippen LogP contribution is 2.26. The summed E-state index contributed by atoms with van der Waals surface area (Å²) in [4.78, 5) is 34.4. The predicted octanol–water partition coefficient (Wildman–Crippen LogP) is 2.84. The van der Waals surface area contributed by atoms with E-state index in [2.05, 4.69) is 35.1 Å². The first-order valence-corrected chi connectivity index (χ1v) is 11.5. The standard InChI is InChI=1S/C23H22FN7OS/c24-17-4-1-5-18(13-17)30-9-11-31(12-10-30)20-6-8-26-23(28-20)29-21(32)19-15-27-22(33-19)16-3-2-7-25-14-16/h1-8,13-14,19H,9-12,15H2,(H,26,28,29,32). The van der Waals surface area contributed by atoms with Crippen molar-refractivity contribution in [2.24, 2.45) is 4.99 Å². The van der Waals surface area contributed by atoms with Gasteiger partial charge in [0.15, 0.2) is 0 Å². The van der Waals surface area contributed by atoms with Gasteiger partial charge in [0, 0.05) is 56.0 Å². The number of thioether (sulfide) groups is 1. The predicted molar refractivity (Wildman–Crippen MR) is 129 cm³/mol. The lowest BCUT2D eigenvalue weighted by Gasteiger charge is -2.36. The third-order valence-corrected chi connectivity index (χ3v) is 6.74. The van der Waals surface area contributed by atoms with Gasteiger partial charge in [-0.1, -0.05) is 17.8 Å². The van der Waals surface area contributed by atoms with Crippen molar-refractivity contribution < 1.29 is 9.18 Å². The first-order chi connectivity index (χ1) is 16.2. The van der Waals surface area contributed by atoms with E-state index in [1.54, 1.807) is 30.7 Å². The second kappa shape index (κ2) is 9.53. The fourth-order valence-electron chi connectivity index (χ4n) is 3.80. The number of hydrogen-bond donors (Lipinski definition) is 1. The second-order valence-corrected chi connectivity index (χ2v) is 8.87. The largest absolute Gasteiger partial charge is 0.368 e. The van der Waals surface area contributed by atoms with Crippen LogP contribution in [0.15, 0.2) is 66.0 Å². The van der Waals surface area contributed by atoms with Crippen molar-refractivity contribution in [1.82, 2.24) is 15.0 Å². The number of amides is 1. The molecule has 33 heavy (non-hydrogen) atoms. The van der Waals surface area contributed by atoms with Crippen LogP contribution in [0.5, 0.6) is 0 Å². The number of nitrogens with one attached hydrogen (secondary N) is 1. The summed E-state index contributed by atoms with van der Waals surface area (Å²) in [6.45, 7) is 3.39. The van der Waals surface area contributed by atoms with E-state index < -0.39 is 0 Å². The van der Waals surface area contributed by atoms with Crippen molar-refractivity contribution in [1.29, 1.82) is 0 Å². The highest BCUT2D eigenvalue weighted by Gasteiger charge is 2.28. The molecule has 5 rings (SSSR count). The molecule has 2 aliphatic rings. The maximum Gasteiger partial charge on any atom is 0.242 e. The Hall–Kier alpha value is -3.53. The molecular formula is C23H22FN7OS. The van der Waals surface area contributed by atoms with E-state index in [1.165, 1.54) is 17.8 Å². The van der Waals surface area contributed by atoms with E-state index in [1.807, 2.05) is 24.3 Å². The lowest BCUT2D eigenvalue weighted by molar-refractivity contribution is -0.115. The third-order valence-electron chi connectivity index (χ3n) is 5.51. The minimum absolute atomic E-state index is 0.171. The molecule has 168 valence electrons. The smallest absolute Gasteiger partial charge is 0.242 e. The Kier molecular flexibility index (Phi) is 6.16.